The number of nitrogens with zero attached hydrogens (tertiary/aromatic N) is 3. The fourth-order valence-corrected chi connectivity index (χ4v) is 1.95. The highest BCUT2D eigenvalue weighted by molar-refractivity contribution is 5.89. The first-order chi connectivity index (χ1) is 13.1. The van der Waals surface area contributed by atoms with Gasteiger partial charge in [-0.2, -0.15) is 0 Å². The fourth-order valence-electron chi connectivity index (χ4n) is 1.95. The van der Waals surface area contributed by atoms with Gasteiger partial charge in [-0.1, -0.05) is 0 Å². The van der Waals surface area contributed by atoms with Crippen molar-refractivity contribution in [2.24, 2.45) is 0 Å². The van der Waals surface area contributed by atoms with E-state index in [1.807, 2.05) is 0 Å². The monoisotopic (exact) mass is 399 g/mol. The van der Waals surface area contributed by atoms with Crippen molar-refractivity contribution in [2.45, 2.75) is 26.4 Å². The summed E-state index contributed by atoms with van der Waals surface area (Å²) < 4.78 is 5.17. The van der Waals surface area contributed by atoms with Crippen LogP contribution in [0.3, 0.4) is 0 Å². The highest BCUT2D eigenvalue weighted by atomic mass is 16.6. The molecule has 0 aliphatic rings. The predicted octanol–water partition coefficient (Wildman–Crippen LogP) is -1.32. The highest BCUT2D eigenvalue weighted by Crippen LogP contribution is 2.10. The Balaban J connectivity index is 5.47. The van der Waals surface area contributed by atoms with E-state index in [-0.39, 0.29) is 26.2 Å². The smallest absolute Gasteiger partial charge is 0.411 e. The van der Waals surface area contributed by atoms with Gasteiger partial charge in [0.05, 0.1) is 26.2 Å². The van der Waals surface area contributed by atoms with Crippen LogP contribution in [0.5, 0.6) is 0 Å². The number of carbonyl (C=O) groups is 7. The minimum Gasteiger partial charge on any atom is -0.444 e. The van der Waals surface area contributed by atoms with Crippen LogP contribution in [0.1, 0.15) is 20.8 Å². The van der Waals surface area contributed by atoms with Crippen molar-refractivity contribution >= 4 is 43.1 Å². The molecule has 0 saturated heterocycles. The van der Waals surface area contributed by atoms with Gasteiger partial charge >= 0.3 is 6.09 Å². The van der Waals surface area contributed by atoms with Crippen LogP contribution in [0.25, 0.3) is 0 Å². The van der Waals surface area contributed by atoms with Crippen LogP contribution >= 0.6 is 0 Å². The Morgan fingerprint density at radius 1 is 0.679 bits per heavy atom. The largest absolute Gasteiger partial charge is 0.444 e. The van der Waals surface area contributed by atoms with Crippen molar-refractivity contribution in [3.63, 3.8) is 0 Å². The van der Waals surface area contributed by atoms with E-state index in [9.17, 15) is 33.6 Å². The molecule has 156 valence electrons. The number of amides is 3. The number of ether oxygens (including phenoxy) is 1. The van der Waals surface area contributed by atoms with Crippen LogP contribution in [-0.4, -0.2) is 103 Å². The normalized spacial score (nSPS) is 10.4. The van der Waals surface area contributed by atoms with Crippen molar-refractivity contribution in [3.8, 4) is 0 Å². The van der Waals surface area contributed by atoms with Crippen LogP contribution in [0.4, 0.5) is 4.79 Å². The Bertz CT molecular complexity index is 542. The molecular formula is C17H25N3O8. The third-order valence-corrected chi connectivity index (χ3v) is 3.19. The summed E-state index contributed by atoms with van der Waals surface area (Å²) in [4.78, 5) is 82.3. The van der Waals surface area contributed by atoms with E-state index in [1.165, 1.54) is 0 Å². The summed E-state index contributed by atoms with van der Waals surface area (Å²) in [5.74, 6) is -1.51. The molecule has 0 aromatic carbocycles. The van der Waals surface area contributed by atoms with Gasteiger partial charge < -0.3 is 33.7 Å². The Hall–Kier alpha value is -3.11. The van der Waals surface area contributed by atoms with E-state index in [4.69, 9.17) is 4.74 Å². The molecule has 0 radical (unpaired) electrons. The first-order valence-corrected chi connectivity index (χ1v) is 8.37. The Morgan fingerprint density at radius 3 is 1.25 bits per heavy atom. The van der Waals surface area contributed by atoms with Gasteiger partial charge in [-0.05, 0) is 20.8 Å². The number of hydrogen-bond acceptors (Lipinski definition) is 8. The SMILES string of the molecule is CC(C)(C)OC(=O)N(CC(=O)N(CC=O)CC=O)CC(=O)N(CC=O)CC=O. The van der Waals surface area contributed by atoms with Gasteiger partial charge in [0.1, 0.15) is 43.8 Å². The molecule has 0 fully saturated rings. The van der Waals surface area contributed by atoms with E-state index < -0.39 is 36.6 Å². The Kier molecular flexibility index (Phi) is 10.9. The van der Waals surface area contributed by atoms with E-state index in [2.05, 4.69) is 0 Å². The quantitative estimate of drug-likeness (QED) is 0.368. The molecule has 0 aliphatic heterocycles. The Morgan fingerprint density at radius 2 is 1.00 bits per heavy atom. The third-order valence-electron chi connectivity index (χ3n) is 3.19. The fraction of sp³-hybridized carbons (Fsp3) is 0.588. The zero-order valence-corrected chi connectivity index (χ0v) is 16.2. The summed E-state index contributed by atoms with van der Waals surface area (Å²) in [5.41, 5.74) is -0.919. The maximum absolute atomic E-state index is 12.4. The van der Waals surface area contributed by atoms with Crippen LogP contribution in [0, 0.1) is 0 Å². The van der Waals surface area contributed by atoms with E-state index in [1.54, 1.807) is 20.8 Å². The number of aldehydes is 4. The summed E-state index contributed by atoms with van der Waals surface area (Å²) in [5, 5.41) is 0. The van der Waals surface area contributed by atoms with Gasteiger partial charge in [0, 0.05) is 0 Å². The lowest BCUT2D eigenvalue weighted by Crippen LogP contribution is -2.50. The molecule has 0 bridgehead atoms. The first kappa shape index (κ1) is 24.9. The molecule has 28 heavy (non-hydrogen) atoms. The maximum atomic E-state index is 12.4. The molecule has 0 unspecified atom stereocenters. The van der Waals surface area contributed by atoms with Crippen molar-refractivity contribution in [1.29, 1.82) is 0 Å². The van der Waals surface area contributed by atoms with Crippen molar-refractivity contribution in [1.82, 2.24) is 14.7 Å². The molecule has 0 aromatic heterocycles. The van der Waals surface area contributed by atoms with Gasteiger partial charge in [0.2, 0.25) is 11.8 Å². The summed E-state index contributed by atoms with van der Waals surface area (Å²) in [6, 6.07) is 0. The zero-order chi connectivity index (χ0) is 21.7. The second-order valence-electron chi connectivity index (χ2n) is 6.60. The summed E-state index contributed by atoms with van der Waals surface area (Å²) in [7, 11) is 0. The molecule has 0 N–H and O–H groups in total. The second-order valence-corrected chi connectivity index (χ2v) is 6.60. The van der Waals surface area contributed by atoms with Gasteiger partial charge in [-0.3, -0.25) is 14.5 Å². The lowest BCUT2D eigenvalue weighted by atomic mass is 10.2. The molecule has 0 saturated carbocycles. The Labute approximate surface area is 162 Å². The van der Waals surface area contributed by atoms with Crippen molar-refractivity contribution < 1.29 is 38.3 Å². The average molecular weight is 399 g/mol. The summed E-state index contributed by atoms with van der Waals surface area (Å²) >= 11 is 0. The lowest BCUT2D eigenvalue weighted by molar-refractivity contribution is -0.139. The molecule has 3 amide bonds. The van der Waals surface area contributed by atoms with Crippen molar-refractivity contribution in [3.05, 3.63) is 0 Å². The summed E-state index contributed by atoms with van der Waals surface area (Å²) in [6.07, 6.45) is 0.685. The number of rotatable bonds is 12. The minimum absolute atomic E-state index is 0.365. The van der Waals surface area contributed by atoms with Gasteiger partial charge in [-0.25, -0.2) is 4.79 Å². The predicted molar refractivity (Wildman–Crippen MR) is 95.2 cm³/mol. The van der Waals surface area contributed by atoms with Gasteiger partial charge in [0.25, 0.3) is 0 Å². The molecule has 0 spiro atoms. The molecule has 0 atom stereocenters. The molecule has 11 heteroatoms. The molecule has 0 heterocycles. The molecule has 0 rings (SSSR count). The van der Waals surface area contributed by atoms with E-state index in [0.29, 0.717) is 25.1 Å². The second kappa shape index (κ2) is 12.3. The van der Waals surface area contributed by atoms with Crippen LogP contribution in [0.2, 0.25) is 0 Å². The first-order valence-electron chi connectivity index (χ1n) is 8.37. The zero-order valence-electron chi connectivity index (χ0n) is 16.2. The molecular weight excluding hydrogens is 374 g/mol. The summed E-state index contributed by atoms with van der Waals surface area (Å²) in [6.45, 7) is 2.02. The van der Waals surface area contributed by atoms with E-state index >= 15 is 0 Å². The number of carbonyl (C=O) groups excluding carboxylic acids is 7. The van der Waals surface area contributed by atoms with Crippen LogP contribution in [0.15, 0.2) is 0 Å². The van der Waals surface area contributed by atoms with E-state index in [0.717, 1.165) is 14.7 Å². The molecule has 11 nitrogen and oxygen atoms in total. The lowest BCUT2D eigenvalue weighted by Gasteiger charge is -2.29. The van der Waals surface area contributed by atoms with Gasteiger partial charge in [-0.15, -0.1) is 0 Å². The molecule has 0 aliphatic carbocycles. The number of hydrogen-bond donors (Lipinski definition) is 0. The third kappa shape index (κ3) is 9.55. The highest BCUT2D eigenvalue weighted by Gasteiger charge is 2.29. The van der Waals surface area contributed by atoms with Crippen LogP contribution < -0.4 is 0 Å². The van der Waals surface area contributed by atoms with Gasteiger partial charge in [0.15, 0.2) is 0 Å². The minimum atomic E-state index is -0.983. The van der Waals surface area contributed by atoms with Crippen molar-refractivity contribution in [2.75, 3.05) is 39.3 Å². The standard InChI is InChI=1S/C17H25N3O8/c1-17(2,3)28-16(27)20(12-14(25)18(4-8-21)5-9-22)13-15(26)19(6-10-23)7-11-24/h8-11H,4-7,12-13H2,1-3H3. The van der Waals surface area contributed by atoms with Crippen LogP contribution in [-0.2, 0) is 33.5 Å². The average Bonchev–Trinajstić information content (AvgIpc) is 2.59. The topological polar surface area (TPSA) is 138 Å². The maximum Gasteiger partial charge on any atom is 0.411 e. The molecule has 0 aromatic rings.